The molecule has 5 heteroatoms. The SMILES string of the molecule is O=C(N1CCOCC1)N1CCCC1C1CCNCC1. The number of nitrogens with zero attached hydrogens (tertiary/aromatic N) is 2. The number of likely N-dealkylation sites (tertiary alicyclic amines) is 1. The molecule has 1 unspecified atom stereocenters. The van der Waals surface area contributed by atoms with Gasteiger partial charge in [-0.1, -0.05) is 0 Å². The summed E-state index contributed by atoms with van der Waals surface area (Å²) in [6.07, 6.45) is 4.81. The van der Waals surface area contributed by atoms with Crippen LogP contribution in [0.3, 0.4) is 0 Å². The van der Waals surface area contributed by atoms with Crippen LogP contribution in [0, 0.1) is 5.92 Å². The Balaban J connectivity index is 1.62. The van der Waals surface area contributed by atoms with E-state index in [4.69, 9.17) is 4.74 Å². The van der Waals surface area contributed by atoms with E-state index in [2.05, 4.69) is 10.2 Å². The van der Waals surface area contributed by atoms with Crippen molar-refractivity contribution in [2.75, 3.05) is 45.9 Å². The lowest BCUT2D eigenvalue weighted by atomic mass is 9.89. The molecule has 2 amide bonds. The second-order valence-corrected chi connectivity index (χ2v) is 5.87. The summed E-state index contributed by atoms with van der Waals surface area (Å²) < 4.78 is 5.34. The smallest absolute Gasteiger partial charge is 0.320 e. The number of carbonyl (C=O) groups excluding carboxylic acids is 1. The van der Waals surface area contributed by atoms with Gasteiger partial charge in [0.25, 0.3) is 0 Å². The number of ether oxygens (including phenoxy) is 1. The highest BCUT2D eigenvalue weighted by Crippen LogP contribution is 2.30. The van der Waals surface area contributed by atoms with Crippen LogP contribution < -0.4 is 5.32 Å². The summed E-state index contributed by atoms with van der Waals surface area (Å²) in [5.74, 6) is 0.703. The molecule has 0 aliphatic carbocycles. The van der Waals surface area contributed by atoms with Crippen molar-refractivity contribution in [2.45, 2.75) is 31.7 Å². The number of rotatable bonds is 1. The number of hydrogen-bond donors (Lipinski definition) is 1. The minimum Gasteiger partial charge on any atom is -0.378 e. The van der Waals surface area contributed by atoms with E-state index >= 15 is 0 Å². The first-order valence-corrected chi connectivity index (χ1v) is 7.70. The van der Waals surface area contributed by atoms with E-state index in [1.807, 2.05) is 4.90 Å². The van der Waals surface area contributed by atoms with E-state index in [9.17, 15) is 4.79 Å². The standard InChI is InChI=1S/C14H25N3O2/c18-14(16-8-10-19-11-9-16)17-7-1-2-13(17)12-3-5-15-6-4-12/h12-13,15H,1-11H2. The Morgan fingerprint density at radius 3 is 2.53 bits per heavy atom. The molecule has 0 aromatic carbocycles. The second-order valence-electron chi connectivity index (χ2n) is 5.87. The lowest BCUT2D eigenvalue weighted by molar-refractivity contribution is 0.0388. The molecular weight excluding hydrogens is 242 g/mol. The van der Waals surface area contributed by atoms with Crippen LogP contribution in [0.1, 0.15) is 25.7 Å². The number of urea groups is 1. The lowest BCUT2D eigenvalue weighted by Crippen LogP contribution is -2.52. The van der Waals surface area contributed by atoms with Crippen LogP contribution in [0.5, 0.6) is 0 Å². The van der Waals surface area contributed by atoms with Crippen LogP contribution in [0.2, 0.25) is 0 Å². The van der Waals surface area contributed by atoms with Crippen LogP contribution in [0.25, 0.3) is 0 Å². The van der Waals surface area contributed by atoms with Crippen molar-refractivity contribution < 1.29 is 9.53 Å². The quantitative estimate of drug-likeness (QED) is 0.768. The zero-order chi connectivity index (χ0) is 13.1. The van der Waals surface area contributed by atoms with Gasteiger partial charge >= 0.3 is 6.03 Å². The molecule has 0 aromatic heterocycles. The van der Waals surface area contributed by atoms with E-state index in [1.54, 1.807) is 0 Å². The third kappa shape index (κ3) is 2.87. The number of piperidine rings is 1. The molecule has 0 radical (unpaired) electrons. The maximum atomic E-state index is 12.6. The molecule has 3 rings (SSSR count). The maximum absolute atomic E-state index is 12.6. The van der Waals surface area contributed by atoms with Crippen LogP contribution >= 0.6 is 0 Å². The van der Waals surface area contributed by atoms with Gasteiger partial charge in [-0.25, -0.2) is 4.79 Å². The van der Waals surface area contributed by atoms with Crippen molar-refractivity contribution in [3.05, 3.63) is 0 Å². The molecule has 0 saturated carbocycles. The zero-order valence-electron chi connectivity index (χ0n) is 11.6. The van der Waals surface area contributed by atoms with Crippen LogP contribution in [0.15, 0.2) is 0 Å². The molecule has 3 aliphatic rings. The molecule has 5 nitrogen and oxygen atoms in total. The first-order valence-electron chi connectivity index (χ1n) is 7.70. The zero-order valence-corrected chi connectivity index (χ0v) is 11.6. The summed E-state index contributed by atoms with van der Waals surface area (Å²) in [6, 6.07) is 0.738. The summed E-state index contributed by atoms with van der Waals surface area (Å²) in [4.78, 5) is 16.8. The average Bonchev–Trinajstić information content (AvgIpc) is 2.98. The average molecular weight is 267 g/mol. The molecule has 3 aliphatic heterocycles. The Labute approximate surface area is 115 Å². The number of nitrogens with one attached hydrogen (secondary N) is 1. The fourth-order valence-electron chi connectivity index (χ4n) is 3.69. The van der Waals surface area contributed by atoms with Crippen molar-refractivity contribution in [3.63, 3.8) is 0 Å². The van der Waals surface area contributed by atoms with E-state index in [1.165, 1.54) is 25.7 Å². The highest BCUT2D eigenvalue weighted by molar-refractivity contribution is 5.75. The summed E-state index contributed by atoms with van der Waals surface area (Å²) in [5.41, 5.74) is 0. The van der Waals surface area contributed by atoms with E-state index in [-0.39, 0.29) is 6.03 Å². The molecule has 3 fully saturated rings. The lowest BCUT2D eigenvalue weighted by Gasteiger charge is -2.38. The fourth-order valence-corrected chi connectivity index (χ4v) is 3.69. The molecule has 108 valence electrons. The van der Waals surface area contributed by atoms with Gasteiger partial charge in [0.1, 0.15) is 0 Å². The first-order chi connectivity index (χ1) is 9.36. The molecule has 19 heavy (non-hydrogen) atoms. The van der Waals surface area contributed by atoms with Crippen LogP contribution in [-0.2, 0) is 4.74 Å². The monoisotopic (exact) mass is 267 g/mol. The Kier molecular flexibility index (Phi) is 4.23. The van der Waals surface area contributed by atoms with Crippen molar-refractivity contribution in [2.24, 2.45) is 5.92 Å². The van der Waals surface area contributed by atoms with E-state index < -0.39 is 0 Å². The number of morpholine rings is 1. The largest absolute Gasteiger partial charge is 0.378 e. The molecule has 0 spiro atoms. The van der Waals surface area contributed by atoms with Gasteiger partial charge in [-0.2, -0.15) is 0 Å². The molecule has 0 bridgehead atoms. The third-order valence-corrected chi connectivity index (χ3v) is 4.75. The highest BCUT2D eigenvalue weighted by Gasteiger charge is 2.37. The molecular formula is C14H25N3O2. The Morgan fingerprint density at radius 1 is 1.05 bits per heavy atom. The van der Waals surface area contributed by atoms with Crippen molar-refractivity contribution >= 4 is 6.03 Å². The predicted molar refractivity (Wildman–Crippen MR) is 73.1 cm³/mol. The van der Waals surface area contributed by atoms with Gasteiger partial charge < -0.3 is 19.9 Å². The van der Waals surface area contributed by atoms with Crippen molar-refractivity contribution in [3.8, 4) is 0 Å². The van der Waals surface area contributed by atoms with Gasteiger partial charge in [0.15, 0.2) is 0 Å². The van der Waals surface area contributed by atoms with Crippen molar-refractivity contribution in [1.29, 1.82) is 0 Å². The number of hydrogen-bond acceptors (Lipinski definition) is 3. The van der Waals surface area contributed by atoms with Crippen LogP contribution in [0.4, 0.5) is 4.79 Å². The Hall–Kier alpha value is -0.810. The molecule has 3 heterocycles. The van der Waals surface area contributed by atoms with Gasteiger partial charge in [0, 0.05) is 25.7 Å². The normalized spacial score (nSPS) is 29.8. The van der Waals surface area contributed by atoms with E-state index in [0.29, 0.717) is 25.2 Å². The maximum Gasteiger partial charge on any atom is 0.320 e. The topological polar surface area (TPSA) is 44.8 Å². The third-order valence-electron chi connectivity index (χ3n) is 4.75. The van der Waals surface area contributed by atoms with Gasteiger partial charge in [-0.05, 0) is 44.7 Å². The highest BCUT2D eigenvalue weighted by atomic mass is 16.5. The molecule has 1 atom stereocenters. The van der Waals surface area contributed by atoms with Crippen molar-refractivity contribution in [1.82, 2.24) is 15.1 Å². The summed E-state index contributed by atoms with van der Waals surface area (Å²) in [6.45, 7) is 6.07. The minimum atomic E-state index is 0.254. The van der Waals surface area contributed by atoms with E-state index in [0.717, 1.165) is 32.7 Å². The summed E-state index contributed by atoms with van der Waals surface area (Å²) in [7, 11) is 0. The first kappa shape index (κ1) is 13.2. The van der Waals surface area contributed by atoms with Crippen LogP contribution in [-0.4, -0.2) is 67.8 Å². The van der Waals surface area contributed by atoms with Gasteiger partial charge in [0.05, 0.1) is 13.2 Å². The number of carbonyl (C=O) groups is 1. The molecule has 0 aromatic rings. The van der Waals surface area contributed by atoms with Gasteiger partial charge in [-0.3, -0.25) is 0 Å². The molecule has 3 saturated heterocycles. The van der Waals surface area contributed by atoms with Gasteiger partial charge in [-0.15, -0.1) is 0 Å². The molecule has 1 N–H and O–H groups in total. The van der Waals surface area contributed by atoms with Gasteiger partial charge in [0.2, 0.25) is 0 Å². The predicted octanol–water partition coefficient (Wildman–Crippen LogP) is 0.903. The Morgan fingerprint density at radius 2 is 1.79 bits per heavy atom. The number of amides is 2. The fraction of sp³-hybridized carbons (Fsp3) is 0.929. The minimum absolute atomic E-state index is 0.254. The Bertz CT molecular complexity index is 312. The summed E-state index contributed by atoms with van der Waals surface area (Å²) in [5, 5.41) is 3.42. The second kappa shape index (κ2) is 6.09. The summed E-state index contributed by atoms with van der Waals surface area (Å²) >= 11 is 0.